The van der Waals surface area contributed by atoms with Crippen LogP contribution in [-0.4, -0.2) is 32.9 Å². The van der Waals surface area contributed by atoms with Gasteiger partial charge in [0.25, 0.3) is 5.91 Å². The Morgan fingerprint density at radius 3 is 2.64 bits per heavy atom. The molecule has 4 rings (SSSR count). The second kappa shape index (κ2) is 7.77. The highest BCUT2D eigenvalue weighted by atomic mass is 16.1. The maximum Gasteiger partial charge on any atom is 0.271 e. The van der Waals surface area contributed by atoms with Crippen molar-refractivity contribution in [1.82, 2.24) is 15.0 Å². The molecule has 1 aliphatic rings. The van der Waals surface area contributed by atoms with E-state index < -0.39 is 5.91 Å². The summed E-state index contributed by atoms with van der Waals surface area (Å²) in [4.78, 5) is 25.0. The average Bonchev–Trinajstić information content (AvgIpc) is 2.70. The lowest BCUT2D eigenvalue weighted by atomic mass is 9.92. The Bertz CT molecular complexity index is 999. The summed E-state index contributed by atoms with van der Waals surface area (Å²) >= 11 is 0. The summed E-state index contributed by atoms with van der Waals surface area (Å²) < 4.78 is 0. The third-order valence-electron chi connectivity index (χ3n) is 4.98. The standard InChI is InChI=1S/C20H23N7O/c21-13-5-7-14(8-6-13)25-17-11-24-18(19(22)28)20(27-17)26-15-9-12-3-1-2-4-16(12)23-10-15/h1-4,9-11,13-14H,5-8,21H2,(H2,22,28)(H2,25,26,27)/t13-,14-. The summed E-state index contributed by atoms with van der Waals surface area (Å²) in [6.45, 7) is 0. The fraction of sp³-hybridized carbons (Fsp3) is 0.300. The molecular formula is C20H23N7O. The lowest BCUT2D eigenvalue weighted by Gasteiger charge is -2.27. The lowest BCUT2D eigenvalue weighted by Crippen LogP contribution is -2.33. The monoisotopic (exact) mass is 377 g/mol. The molecule has 1 aromatic carbocycles. The van der Waals surface area contributed by atoms with Crippen LogP contribution in [0.2, 0.25) is 0 Å². The number of hydrogen-bond acceptors (Lipinski definition) is 7. The number of amides is 1. The number of pyridine rings is 1. The zero-order valence-electron chi connectivity index (χ0n) is 15.4. The van der Waals surface area contributed by atoms with Crippen LogP contribution >= 0.6 is 0 Å². The minimum absolute atomic E-state index is 0.0874. The molecule has 8 heteroatoms. The molecule has 8 nitrogen and oxygen atoms in total. The van der Waals surface area contributed by atoms with Gasteiger partial charge < -0.3 is 22.1 Å². The van der Waals surface area contributed by atoms with Gasteiger partial charge in [-0.1, -0.05) is 18.2 Å². The largest absolute Gasteiger partial charge is 0.366 e. The zero-order chi connectivity index (χ0) is 19.5. The Labute approximate surface area is 162 Å². The quantitative estimate of drug-likeness (QED) is 0.537. The Kier molecular flexibility index (Phi) is 5.03. The Morgan fingerprint density at radius 1 is 1.07 bits per heavy atom. The molecule has 3 aromatic rings. The molecule has 0 aliphatic heterocycles. The molecular weight excluding hydrogens is 354 g/mol. The van der Waals surface area contributed by atoms with Gasteiger partial charge in [0.2, 0.25) is 0 Å². The Balaban J connectivity index is 1.59. The van der Waals surface area contributed by atoms with Crippen molar-refractivity contribution in [3.8, 4) is 0 Å². The first-order valence-corrected chi connectivity index (χ1v) is 9.39. The first kappa shape index (κ1) is 18.1. The number of carbonyl (C=O) groups excluding carboxylic acids is 1. The van der Waals surface area contributed by atoms with Crippen LogP contribution in [0, 0.1) is 0 Å². The number of aromatic nitrogens is 3. The van der Waals surface area contributed by atoms with E-state index in [0.29, 0.717) is 23.4 Å². The molecule has 2 heterocycles. The first-order valence-electron chi connectivity index (χ1n) is 9.39. The van der Waals surface area contributed by atoms with E-state index in [1.807, 2.05) is 30.3 Å². The van der Waals surface area contributed by atoms with E-state index in [1.165, 1.54) is 0 Å². The topological polar surface area (TPSA) is 132 Å². The molecule has 1 amide bonds. The summed E-state index contributed by atoms with van der Waals surface area (Å²) in [5.74, 6) is 0.266. The van der Waals surface area contributed by atoms with Crippen LogP contribution in [0.15, 0.2) is 42.7 Å². The summed E-state index contributed by atoms with van der Waals surface area (Å²) in [7, 11) is 0. The van der Waals surface area contributed by atoms with Gasteiger partial charge in [0.1, 0.15) is 5.82 Å². The van der Waals surface area contributed by atoms with E-state index in [1.54, 1.807) is 12.4 Å². The van der Waals surface area contributed by atoms with Crippen molar-refractivity contribution >= 4 is 34.1 Å². The second-order valence-corrected chi connectivity index (χ2v) is 7.11. The summed E-state index contributed by atoms with van der Waals surface area (Å²) in [5.41, 5.74) is 13.1. The van der Waals surface area contributed by atoms with E-state index in [0.717, 1.165) is 36.6 Å². The third-order valence-corrected chi connectivity index (χ3v) is 4.98. The van der Waals surface area contributed by atoms with Gasteiger partial charge in [0, 0.05) is 17.5 Å². The maximum atomic E-state index is 11.8. The lowest BCUT2D eigenvalue weighted by molar-refractivity contribution is 0.0996. The van der Waals surface area contributed by atoms with Crippen molar-refractivity contribution in [2.45, 2.75) is 37.8 Å². The fourth-order valence-corrected chi connectivity index (χ4v) is 3.47. The average molecular weight is 377 g/mol. The zero-order valence-corrected chi connectivity index (χ0v) is 15.4. The number of anilines is 3. The smallest absolute Gasteiger partial charge is 0.271 e. The third kappa shape index (κ3) is 4.01. The van der Waals surface area contributed by atoms with Gasteiger partial charge in [-0.25, -0.2) is 9.97 Å². The molecule has 0 saturated heterocycles. The van der Waals surface area contributed by atoms with E-state index >= 15 is 0 Å². The van der Waals surface area contributed by atoms with Gasteiger partial charge in [-0.15, -0.1) is 0 Å². The SMILES string of the molecule is NC(=O)c1ncc(N[C@H]2CC[C@H](N)CC2)nc1Nc1cnc2ccccc2c1. The summed E-state index contributed by atoms with van der Waals surface area (Å²) in [5, 5.41) is 7.50. The highest BCUT2D eigenvalue weighted by molar-refractivity contribution is 5.96. The van der Waals surface area contributed by atoms with Crippen LogP contribution in [-0.2, 0) is 0 Å². The summed E-state index contributed by atoms with van der Waals surface area (Å²) in [6, 6.07) is 10.3. The van der Waals surface area contributed by atoms with Crippen molar-refractivity contribution in [2.24, 2.45) is 11.5 Å². The highest BCUT2D eigenvalue weighted by Gasteiger charge is 2.20. The summed E-state index contributed by atoms with van der Waals surface area (Å²) in [6.07, 6.45) is 7.17. The predicted octanol–water partition coefficient (Wildman–Crippen LogP) is 2.55. The normalized spacial score (nSPS) is 19.3. The van der Waals surface area contributed by atoms with Gasteiger partial charge in [-0.2, -0.15) is 0 Å². The number of nitrogens with one attached hydrogen (secondary N) is 2. The molecule has 0 radical (unpaired) electrons. The number of fused-ring (bicyclic) bond motifs is 1. The molecule has 6 N–H and O–H groups in total. The van der Waals surface area contributed by atoms with Crippen LogP contribution in [0.4, 0.5) is 17.3 Å². The number of para-hydroxylation sites is 1. The van der Waals surface area contributed by atoms with Crippen molar-refractivity contribution in [3.63, 3.8) is 0 Å². The van der Waals surface area contributed by atoms with Crippen molar-refractivity contribution in [2.75, 3.05) is 10.6 Å². The van der Waals surface area contributed by atoms with Gasteiger partial charge in [-0.3, -0.25) is 9.78 Å². The van der Waals surface area contributed by atoms with Crippen LogP contribution in [0.3, 0.4) is 0 Å². The van der Waals surface area contributed by atoms with Crippen LogP contribution in [0.1, 0.15) is 36.2 Å². The number of carbonyl (C=O) groups is 1. The van der Waals surface area contributed by atoms with Crippen LogP contribution in [0.25, 0.3) is 10.9 Å². The van der Waals surface area contributed by atoms with Crippen molar-refractivity contribution < 1.29 is 4.79 Å². The number of rotatable bonds is 5. The first-order chi connectivity index (χ1) is 13.6. The fourth-order valence-electron chi connectivity index (χ4n) is 3.47. The van der Waals surface area contributed by atoms with Crippen molar-refractivity contribution in [1.29, 1.82) is 0 Å². The number of primary amides is 1. The second-order valence-electron chi connectivity index (χ2n) is 7.11. The molecule has 0 unspecified atom stereocenters. The van der Waals surface area contributed by atoms with E-state index in [-0.39, 0.29) is 11.7 Å². The minimum atomic E-state index is -0.640. The van der Waals surface area contributed by atoms with E-state index in [2.05, 4.69) is 25.6 Å². The molecule has 2 aromatic heterocycles. The van der Waals surface area contributed by atoms with Gasteiger partial charge in [-0.05, 0) is 37.8 Å². The highest BCUT2D eigenvalue weighted by Crippen LogP contribution is 2.24. The van der Waals surface area contributed by atoms with E-state index in [9.17, 15) is 4.79 Å². The number of hydrogen-bond donors (Lipinski definition) is 4. The molecule has 1 aliphatic carbocycles. The maximum absolute atomic E-state index is 11.8. The Hall–Kier alpha value is -3.26. The molecule has 0 spiro atoms. The molecule has 0 bridgehead atoms. The number of benzene rings is 1. The Morgan fingerprint density at radius 2 is 1.86 bits per heavy atom. The minimum Gasteiger partial charge on any atom is -0.366 e. The van der Waals surface area contributed by atoms with Crippen LogP contribution < -0.4 is 22.1 Å². The van der Waals surface area contributed by atoms with Crippen LogP contribution in [0.5, 0.6) is 0 Å². The number of nitrogens with two attached hydrogens (primary N) is 2. The van der Waals surface area contributed by atoms with Gasteiger partial charge >= 0.3 is 0 Å². The molecule has 144 valence electrons. The molecule has 0 atom stereocenters. The predicted molar refractivity (Wildman–Crippen MR) is 109 cm³/mol. The van der Waals surface area contributed by atoms with Crippen molar-refractivity contribution in [3.05, 3.63) is 48.4 Å². The van der Waals surface area contributed by atoms with E-state index in [4.69, 9.17) is 11.5 Å². The molecule has 1 saturated carbocycles. The van der Waals surface area contributed by atoms with Gasteiger partial charge in [0.15, 0.2) is 11.5 Å². The number of nitrogens with zero attached hydrogens (tertiary/aromatic N) is 3. The molecule has 1 fully saturated rings. The van der Waals surface area contributed by atoms with Gasteiger partial charge in [0.05, 0.1) is 23.6 Å². The molecule has 28 heavy (non-hydrogen) atoms.